The van der Waals surface area contributed by atoms with Crippen LogP contribution in [0.1, 0.15) is 24.8 Å². The molecule has 1 saturated heterocycles. The first-order valence-electron chi connectivity index (χ1n) is 12.4. The van der Waals surface area contributed by atoms with Crippen molar-refractivity contribution in [3.8, 4) is 5.75 Å². The number of rotatable bonds is 10. The molecule has 2 atom stereocenters. The summed E-state index contributed by atoms with van der Waals surface area (Å²) in [5.41, 5.74) is 5.00. The van der Waals surface area contributed by atoms with Gasteiger partial charge in [-0.3, -0.25) is 5.43 Å². The molecule has 2 fully saturated rings. The lowest BCUT2D eigenvalue weighted by Crippen LogP contribution is -2.30. The second-order valence-electron chi connectivity index (χ2n) is 9.65. The molecule has 5 rings (SSSR count). The lowest BCUT2D eigenvalue weighted by molar-refractivity contribution is -0.0692. The number of fused-ring (bicyclic) bond motifs is 1. The Kier molecular flexibility index (Phi) is 9.03. The zero-order chi connectivity index (χ0) is 27.6. The van der Waals surface area contributed by atoms with E-state index in [9.17, 15) is 8.78 Å². The molecule has 2 aliphatic rings. The number of ether oxygens (including phenoxy) is 1. The van der Waals surface area contributed by atoms with Gasteiger partial charge in [-0.1, -0.05) is 22.2 Å². The smallest absolute Gasteiger partial charge is 0.425 e. The van der Waals surface area contributed by atoms with Crippen molar-refractivity contribution in [2.24, 2.45) is 11.8 Å². The Labute approximate surface area is 254 Å². The van der Waals surface area contributed by atoms with Crippen molar-refractivity contribution in [1.29, 1.82) is 0 Å². The van der Waals surface area contributed by atoms with Gasteiger partial charge >= 0.3 is 4.12 Å². The largest absolute Gasteiger partial charge is 0.445 e. The molecule has 2 unspecified atom stereocenters. The molecule has 2 N–H and O–H groups in total. The Morgan fingerprint density at radius 1 is 1.13 bits per heavy atom. The van der Waals surface area contributed by atoms with Crippen LogP contribution in [0.3, 0.4) is 0 Å². The van der Waals surface area contributed by atoms with Crippen LogP contribution in [0.25, 0.3) is 0 Å². The molecular weight excluding hydrogens is 754 g/mol. The SMILES string of the molecule is C=IC(F)(F)Oc1ccc(Nc2nc(NN(C)Cc3ccc(Cl)c(I)c3)nc(N3CCC4CC4CC3)n2)cc1. The van der Waals surface area contributed by atoms with Gasteiger partial charge in [-0.15, -0.1) is 0 Å². The fraction of sp³-hybridized carbons (Fsp3) is 0.385. The second kappa shape index (κ2) is 12.3. The van der Waals surface area contributed by atoms with Crippen molar-refractivity contribution in [2.75, 3.05) is 35.8 Å². The van der Waals surface area contributed by atoms with Crippen LogP contribution in [0.4, 0.5) is 32.3 Å². The number of aromatic nitrogens is 3. The van der Waals surface area contributed by atoms with Gasteiger partial charge in [-0.05, 0) is 95.7 Å². The molecule has 1 aliphatic carbocycles. The van der Waals surface area contributed by atoms with Crippen molar-refractivity contribution in [3.05, 3.63) is 56.6 Å². The maximum atomic E-state index is 13.6. The molecule has 2 heterocycles. The highest BCUT2D eigenvalue weighted by Gasteiger charge is 2.39. The van der Waals surface area contributed by atoms with Crippen LogP contribution in [0.15, 0.2) is 42.5 Å². The summed E-state index contributed by atoms with van der Waals surface area (Å²) in [4.78, 5) is 16.2. The highest BCUT2D eigenvalue weighted by atomic mass is 127. The first kappa shape index (κ1) is 28.6. The standard InChI is InChI=1S/C26H28ClF2I2N7O/c1-31-26(28,29)39-20-6-4-19(5-7-20)32-23-33-24(36-37(2)15-16-3-8-21(27)22(30)13-16)35-25(34-23)38-11-9-17-14-18(17)10-12-38/h3-8,13,17-18H,1,9-12,14-15H2,2H3,(H2,32,33,34,35,36). The molecule has 39 heavy (non-hydrogen) atoms. The van der Waals surface area contributed by atoms with Crippen molar-refractivity contribution in [3.63, 3.8) is 0 Å². The van der Waals surface area contributed by atoms with Crippen LogP contribution in [-0.2, 0) is 6.54 Å². The van der Waals surface area contributed by atoms with E-state index in [0.717, 1.165) is 51.9 Å². The summed E-state index contributed by atoms with van der Waals surface area (Å²) in [5, 5.41) is 5.81. The fourth-order valence-electron chi connectivity index (χ4n) is 4.60. The Bertz CT molecular complexity index is 1320. The number of anilines is 4. The lowest BCUT2D eigenvalue weighted by Gasteiger charge is -2.23. The van der Waals surface area contributed by atoms with Gasteiger partial charge in [-0.2, -0.15) is 23.7 Å². The molecule has 2 aromatic carbocycles. The summed E-state index contributed by atoms with van der Waals surface area (Å²) in [6.45, 7) is 2.40. The number of nitrogens with zero attached hydrogens (tertiary/aromatic N) is 5. The molecular formula is C26H28ClF2I2N7O. The average molecular weight is 782 g/mol. The molecule has 0 amide bonds. The van der Waals surface area contributed by atoms with E-state index < -0.39 is 24.8 Å². The zero-order valence-corrected chi connectivity index (χ0v) is 26.3. The van der Waals surface area contributed by atoms with Gasteiger partial charge in [0.05, 0.1) is 5.02 Å². The maximum Gasteiger partial charge on any atom is 0.445 e. The lowest BCUT2D eigenvalue weighted by atomic mass is 10.2. The predicted molar refractivity (Wildman–Crippen MR) is 169 cm³/mol. The molecule has 208 valence electrons. The summed E-state index contributed by atoms with van der Waals surface area (Å²) in [6, 6.07) is 12.2. The van der Waals surface area contributed by atoms with Crippen molar-refractivity contribution >= 4 is 83.0 Å². The average Bonchev–Trinajstić information content (AvgIpc) is 3.67. The molecule has 1 aromatic heterocycles. The number of halogens is 5. The number of alkyl halides is 3. The minimum atomic E-state index is -3.21. The monoisotopic (exact) mass is 781 g/mol. The topological polar surface area (TPSA) is 78.4 Å². The molecule has 1 aliphatic heterocycles. The normalized spacial score (nSPS) is 18.9. The highest BCUT2D eigenvalue weighted by molar-refractivity contribution is 14.2. The van der Waals surface area contributed by atoms with E-state index in [-0.39, 0.29) is 5.75 Å². The molecule has 0 radical (unpaired) electrons. The van der Waals surface area contributed by atoms with Gasteiger partial charge in [0, 0.05) is 56.7 Å². The number of benzene rings is 2. The van der Waals surface area contributed by atoms with Gasteiger partial charge in [-0.25, -0.2) is 5.01 Å². The molecule has 0 bridgehead atoms. The van der Waals surface area contributed by atoms with E-state index in [2.05, 4.69) is 47.7 Å². The Morgan fingerprint density at radius 3 is 2.49 bits per heavy atom. The quantitative estimate of drug-likeness (QED) is 0.131. The summed E-state index contributed by atoms with van der Waals surface area (Å²) in [7, 11) is 1.92. The van der Waals surface area contributed by atoms with Crippen LogP contribution < -0.4 is 20.4 Å². The van der Waals surface area contributed by atoms with E-state index in [1.165, 1.54) is 18.6 Å². The molecule has 0 spiro atoms. The number of nitrogens with one attached hydrogen (secondary N) is 2. The van der Waals surface area contributed by atoms with Gasteiger partial charge < -0.3 is 15.0 Å². The third kappa shape index (κ3) is 7.85. The van der Waals surface area contributed by atoms with Gasteiger partial charge in [0.1, 0.15) is 5.75 Å². The first-order chi connectivity index (χ1) is 18.7. The van der Waals surface area contributed by atoms with E-state index >= 15 is 0 Å². The van der Waals surface area contributed by atoms with E-state index in [4.69, 9.17) is 26.3 Å². The number of hydrogen-bond acceptors (Lipinski definition) is 8. The molecule has 1 saturated carbocycles. The van der Waals surface area contributed by atoms with E-state index in [1.807, 2.05) is 30.3 Å². The number of hydrazine groups is 1. The Morgan fingerprint density at radius 2 is 1.82 bits per heavy atom. The molecule has 3 aromatic rings. The van der Waals surface area contributed by atoms with Crippen molar-refractivity contribution in [2.45, 2.75) is 29.9 Å². The van der Waals surface area contributed by atoms with Crippen molar-refractivity contribution in [1.82, 2.24) is 20.0 Å². The van der Waals surface area contributed by atoms with Gasteiger partial charge in [0.25, 0.3) is 0 Å². The summed E-state index contributed by atoms with van der Waals surface area (Å²) >= 11 is 6.76. The van der Waals surface area contributed by atoms with Crippen molar-refractivity contribution < 1.29 is 13.5 Å². The van der Waals surface area contributed by atoms with Crippen LogP contribution in [-0.4, -0.2) is 48.7 Å². The van der Waals surface area contributed by atoms with Gasteiger partial charge in [0.2, 0.25) is 17.8 Å². The van der Waals surface area contributed by atoms with Gasteiger partial charge in [0.15, 0.2) is 0 Å². The Balaban J connectivity index is 1.34. The summed E-state index contributed by atoms with van der Waals surface area (Å²) in [6.07, 6.45) is 3.61. The maximum absolute atomic E-state index is 13.6. The van der Waals surface area contributed by atoms with Crippen LogP contribution >= 0.6 is 54.9 Å². The highest BCUT2D eigenvalue weighted by Crippen LogP contribution is 2.45. The number of hydrogen-bond donors (Lipinski definition) is 2. The van der Waals surface area contributed by atoms with Crippen LogP contribution in [0.2, 0.25) is 5.02 Å². The third-order valence-electron chi connectivity index (χ3n) is 6.71. The third-order valence-corrected chi connectivity index (χ3v) is 9.36. The molecule has 8 nitrogen and oxygen atoms in total. The predicted octanol–water partition coefficient (Wildman–Crippen LogP) is 6.90. The molecule has 13 heteroatoms. The van der Waals surface area contributed by atoms with Crippen LogP contribution in [0, 0.1) is 15.4 Å². The second-order valence-corrected chi connectivity index (χ2v) is 13.2. The van der Waals surface area contributed by atoms with Crippen LogP contribution in [0.5, 0.6) is 5.75 Å². The summed E-state index contributed by atoms with van der Waals surface area (Å²) < 4.78 is 33.0. The minimum Gasteiger partial charge on any atom is -0.425 e. The van der Waals surface area contributed by atoms with E-state index in [0.29, 0.717) is 30.1 Å². The first-order valence-corrected chi connectivity index (χ1v) is 16.5. The zero-order valence-electron chi connectivity index (χ0n) is 21.2. The summed E-state index contributed by atoms with van der Waals surface area (Å²) in [5.74, 6) is 3.08. The fourth-order valence-corrected chi connectivity index (χ4v) is 5.71. The minimum absolute atomic E-state index is 0.0780. The van der Waals surface area contributed by atoms with E-state index in [1.54, 1.807) is 12.1 Å². The Hall–Kier alpha value is -1.91.